The van der Waals surface area contributed by atoms with Crippen LogP contribution in [0.2, 0.25) is 0 Å². The first-order valence-corrected chi connectivity index (χ1v) is 5.73. The second-order valence-electron chi connectivity index (χ2n) is 2.82. The Balaban J connectivity index is 2.79. The van der Waals surface area contributed by atoms with Crippen LogP contribution in [0.4, 0.5) is 0 Å². The van der Waals surface area contributed by atoms with Crippen molar-refractivity contribution >= 4 is 21.3 Å². The van der Waals surface area contributed by atoms with Gasteiger partial charge in [0.1, 0.15) is 0 Å². The van der Waals surface area contributed by atoms with E-state index in [4.69, 9.17) is 11.2 Å². The molecule has 2 nitrogen and oxygen atoms in total. The van der Waals surface area contributed by atoms with Crippen LogP contribution in [0.15, 0.2) is 34.8 Å². The molecule has 1 unspecified atom stereocenters. The van der Waals surface area contributed by atoms with Gasteiger partial charge in [-0.1, -0.05) is 30.3 Å². The Bertz CT molecular complexity index is 307. The van der Waals surface area contributed by atoms with E-state index < -0.39 is 0 Å². The van der Waals surface area contributed by atoms with Crippen LogP contribution in [0.25, 0.3) is 0 Å². The molecule has 0 N–H and O–H groups in total. The molecule has 0 spiro atoms. The van der Waals surface area contributed by atoms with Gasteiger partial charge in [-0.3, -0.25) is 0 Å². The Hall–Kier alpha value is -0.580. The maximum atomic E-state index is 4.71. The van der Waals surface area contributed by atoms with E-state index in [2.05, 4.69) is 23.5 Å². The highest BCUT2D eigenvalue weighted by molar-refractivity contribution is 8.12. The monoisotopic (exact) mass is 212 g/mol. The summed E-state index contributed by atoms with van der Waals surface area (Å²) in [6, 6.07) is 10.5. The average Bonchev–Trinajstić information content (AvgIpc) is 2.18. The summed E-state index contributed by atoms with van der Waals surface area (Å²) in [4.78, 5) is 0. The van der Waals surface area contributed by atoms with Crippen molar-refractivity contribution < 1.29 is 0 Å². The standard InChI is InChI=1S/C9H12N2S2/c1-8(11(2)10-13-12)9-6-4-3-5-7-9/h3-8H,1-2H3. The lowest BCUT2D eigenvalue weighted by Gasteiger charge is -2.18. The van der Waals surface area contributed by atoms with Crippen LogP contribution < -0.4 is 0 Å². The van der Waals surface area contributed by atoms with Crippen LogP contribution in [-0.4, -0.2) is 12.1 Å². The fourth-order valence-electron chi connectivity index (χ4n) is 1.07. The molecular weight excluding hydrogens is 200 g/mol. The minimum atomic E-state index is 0.275. The molecule has 0 bridgehead atoms. The lowest BCUT2D eigenvalue weighted by atomic mass is 10.1. The van der Waals surface area contributed by atoms with Gasteiger partial charge in [0, 0.05) is 28.4 Å². The Morgan fingerprint density at radius 3 is 2.54 bits per heavy atom. The highest BCUT2D eigenvalue weighted by Crippen LogP contribution is 2.17. The maximum Gasteiger partial charge on any atom is 0.0540 e. The summed E-state index contributed by atoms with van der Waals surface area (Å²) in [6.07, 6.45) is 0. The van der Waals surface area contributed by atoms with Gasteiger partial charge in [-0.05, 0) is 12.5 Å². The smallest absolute Gasteiger partial charge is 0.0540 e. The molecule has 0 radical (unpaired) electrons. The summed E-state index contributed by atoms with van der Waals surface area (Å²) in [6.45, 7) is 2.10. The summed E-state index contributed by atoms with van der Waals surface area (Å²) < 4.78 is 4.07. The van der Waals surface area contributed by atoms with Crippen LogP contribution in [0.5, 0.6) is 0 Å². The Morgan fingerprint density at radius 1 is 1.38 bits per heavy atom. The molecule has 4 heteroatoms. The molecule has 0 aromatic heterocycles. The fourth-order valence-corrected chi connectivity index (χ4v) is 1.63. The van der Waals surface area contributed by atoms with Gasteiger partial charge in [-0.15, -0.1) is 4.47 Å². The molecular formula is C9H12N2S2. The molecule has 70 valence electrons. The minimum Gasteiger partial charge on any atom is -0.185 e. The molecule has 0 heterocycles. The number of hydrogen-bond acceptors (Lipinski definition) is 2. The minimum absolute atomic E-state index is 0.275. The van der Waals surface area contributed by atoms with Gasteiger partial charge in [0.05, 0.1) is 6.04 Å². The van der Waals surface area contributed by atoms with E-state index in [9.17, 15) is 0 Å². The van der Waals surface area contributed by atoms with Gasteiger partial charge in [-0.2, -0.15) is 5.01 Å². The van der Waals surface area contributed by atoms with Gasteiger partial charge in [0.15, 0.2) is 0 Å². The zero-order chi connectivity index (χ0) is 9.68. The van der Waals surface area contributed by atoms with E-state index >= 15 is 0 Å². The molecule has 0 saturated carbocycles. The quantitative estimate of drug-likeness (QED) is 0.715. The van der Waals surface area contributed by atoms with Gasteiger partial charge < -0.3 is 0 Å². The molecule has 0 fully saturated rings. The third-order valence-corrected chi connectivity index (χ3v) is 2.53. The molecule has 1 aromatic carbocycles. The Kier molecular flexibility index (Phi) is 4.21. The van der Waals surface area contributed by atoms with Gasteiger partial charge in [-0.25, -0.2) is 0 Å². The topological polar surface area (TPSA) is 15.6 Å². The van der Waals surface area contributed by atoms with Crippen LogP contribution in [-0.2, 0) is 21.3 Å². The molecule has 0 aliphatic rings. The van der Waals surface area contributed by atoms with Gasteiger partial charge in [0.2, 0.25) is 0 Å². The summed E-state index contributed by atoms with van der Waals surface area (Å²) in [5.74, 6) is 0. The van der Waals surface area contributed by atoms with E-state index in [0.29, 0.717) is 0 Å². The first-order valence-electron chi connectivity index (χ1n) is 4.03. The largest absolute Gasteiger partial charge is 0.185 e. The summed E-state index contributed by atoms with van der Waals surface area (Å²) in [5, 5.41) is 1.87. The van der Waals surface area contributed by atoms with Crippen LogP contribution in [0.3, 0.4) is 0 Å². The second kappa shape index (κ2) is 5.21. The number of nitrogens with zero attached hydrogens (tertiary/aromatic N) is 2. The van der Waals surface area contributed by atoms with Crippen LogP contribution in [0.1, 0.15) is 18.5 Å². The zero-order valence-electron chi connectivity index (χ0n) is 7.68. The highest BCUT2D eigenvalue weighted by Gasteiger charge is 2.08. The van der Waals surface area contributed by atoms with E-state index in [1.54, 1.807) is 0 Å². The molecule has 0 aliphatic carbocycles. The van der Waals surface area contributed by atoms with E-state index in [1.165, 1.54) is 5.56 Å². The number of rotatable bonds is 3. The lowest BCUT2D eigenvalue weighted by Crippen LogP contribution is -2.15. The molecule has 0 amide bonds. The fraction of sp³-hybridized carbons (Fsp3) is 0.333. The summed E-state index contributed by atoms with van der Waals surface area (Å²) in [5.41, 5.74) is 1.25. The van der Waals surface area contributed by atoms with Crippen molar-refractivity contribution in [2.24, 2.45) is 4.47 Å². The summed E-state index contributed by atoms with van der Waals surface area (Å²) >= 11 is 4.71. The zero-order valence-corrected chi connectivity index (χ0v) is 9.31. The average molecular weight is 212 g/mol. The Morgan fingerprint density at radius 2 is 2.00 bits per heavy atom. The normalized spacial score (nSPS) is 12.5. The number of benzene rings is 1. The third-order valence-electron chi connectivity index (χ3n) is 2.00. The molecule has 1 aromatic rings. The number of hydrogen-bond donors (Lipinski definition) is 0. The molecule has 1 rings (SSSR count). The first kappa shape index (κ1) is 10.5. The molecule has 13 heavy (non-hydrogen) atoms. The van der Waals surface area contributed by atoms with Crippen molar-refractivity contribution in [3.8, 4) is 0 Å². The van der Waals surface area contributed by atoms with Crippen LogP contribution >= 0.6 is 0 Å². The SMILES string of the molecule is CC(c1ccccc1)N(C)N=S=S. The predicted octanol–water partition coefficient (Wildman–Crippen LogP) is 2.32. The predicted molar refractivity (Wildman–Crippen MR) is 59.8 cm³/mol. The molecule has 0 aliphatic heterocycles. The van der Waals surface area contributed by atoms with Crippen molar-refractivity contribution in [3.05, 3.63) is 35.9 Å². The van der Waals surface area contributed by atoms with Crippen molar-refractivity contribution in [2.75, 3.05) is 7.05 Å². The first-order chi connectivity index (χ1) is 6.25. The van der Waals surface area contributed by atoms with Crippen molar-refractivity contribution in [3.63, 3.8) is 0 Å². The molecule has 0 saturated heterocycles. The Labute approximate surface area is 86.9 Å². The third kappa shape index (κ3) is 2.99. The van der Waals surface area contributed by atoms with E-state index in [-0.39, 0.29) is 6.04 Å². The van der Waals surface area contributed by atoms with E-state index in [1.807, 2.05) is 30.3 Å². The van der Waals surface area contributed by atoms with Crippen molar-refractivity contribution in [1.29, 1.82) is 0 Å². The van der Waals surface area contributed by atoms with Crippen LogP contribution in [0, 0.1) is 0 Å². The lowest BCUT2D eigenvalue weighted by molar-refractivity contribution is 0.282. The van der Waals surface area contributed by atoms with Gasteiger partial charge >= 0.3 is 0 Å². The highest BCUT2D eigenvalue weighted by atomic mass is 32.8. The van der Waals surface area contributed by atoms with Gasteiger partial charge in [0.25, 0.3) is 0 Å². The second-order valence-corrected chi connectivity index (χ2v) is 3.58. The van der Waals surface area contributed by atoms with Crippen molar-refractivity contribution in [1.82, 2.24) is 5.01 Å². The van der Waals surface area contributed by atoms with E-state index in [0.717, 1.165) is 10.1 Å². The maximum absolute atomic E-state index is 4.71. The summed E-state index contributed by atoms with van der Waals surface area (Å²) in [7, 11) is 2.99. The molecule has 1 atom stereocenters. The van der Waals surface area contributed by atoms with Crippen molar-refractivity contribution in [2.45, 2.75) is 13.0 Å².